The number of carbonyl (C=O) groups excluding carboxylic acids is 7. The highest BCUT2D eigenvalue weighted by Gasteiger charge is 2.45. The zero-order valence-corrected chi connectivity index (χ0v) is 37.7. The van der Waals surface area contributed by atoms with Gasteiger partial charge in [0.15, 0.2) is 0 Å². The third-order valence-corrected chi connectivity index (χ3v) is 12.8. The molecule has 3 saturated heterocycles. The van der Waals surface area contributed by atoms with Gasteiger partial charge in [-0.15, -0.1) is 0 Å². The first-order chi connectivity index (χ1) is 30.5. The third kappa shape index (κ3) is 12.2. The molecule has 0 bridgehead atoms. The molecule has 17 heteroatoms. The molecule has 0 aromatic heterocycles. The maximum Gasteiger partial charge on any atom is 0.326 e. The second-order valence-electron chi connectivity index (χ2n) is 17.8. The second-order valence-corrected chi connectivity index (χ2v) is 17.8. The standard InChI is InChI=1S/C47H66N8O9/c1-6-29(4)39(46(62)54-24-14-21-36(54)42(58)51-34(47(63)64)27-32-18-11-8-12-19-32)52-40(56)33(26-31-16-9-7-10-17-31)50-41(57)35-20-13-23-53(35)45(61)37-22-15-25-55(37)44(60)30(5)49-43(59)38(48)28(2)3/h7-12,16-19,28-30,33-39H,6,13-15,20-27,48H2,1-5H3,(H,49,59)(H,50,57)(H,51,58)(H,52,56)(H,63,64)/t29-,30-,33-,34-,35-,36-,37-,38-,39-/m0/s1. The minimum atomic E-state index is -1.22. The Morgan fingerprint density at radius 1 is 0.625 bits per heavy atom. The van der Waals surface area contributed by atoms with Gasteiger partial charge in [-0.05, 0) is 68.4 Å². The van der Waals surface area contributed by atoms with Crippen molar-refractivity contribution in [2.24, 2.45) is 17.6 Å². The van der Waals surface area contributed by atoms with Crippen LogP contribution in [-0.2, 0) is 51.2 Å². The van der Waals surface area contributed by atoms with Gasteiger partial charge in [0.25, 0.3) is 0 Å². The highest BCUT2D eigenvalue weighted by Crippen LogP contribution is 2.27. The van der Waals surface area contributed by atoms with Crippen LogP contribution in [0, 0.1) is 11.8 Å². The quantitative estimate of drug-likeness (QED) is 0.119. The number of aliphatic carboxylic acids is 1. The number of nitrogens with two attached hydrogens (primary N) is 1. The van der Waals surface area contributed by atoms with E-state index in [4.69, 9.17) is 5.73 Å². The first-order valence-corrected chi connectivity index (χ1v) is 22.7. The number of hydrogen-bond acceptors (Lipinski definition) is 9. The number of benzene rings is 2. The SMILES string of the molecule is CC[C@H](C)[C@H](NC(=O)[C@H](Cc1ccccc1)NC(=O)[C@@H]1CCCN1C(=O)[C@@H]1CCCN1C(=O)[C@H](C)NC(=O)[C@@H](N)C(C)C)C(=O)N1CCC[C@H]1C(=O)N[C@@H](Cc1ccccc1)C(=O)O. The van der Waals surface area contributed by atoms with Gasteiger partial charge in [-0.2, -0.15) is 0 Å². The van der Waals surface area contributed by atoms with Crippen molar-refractivity contribution in [3.8, 4) is 0 Å². The van der Waals surface area contributed by atoms with Crippen molar-refractivity contribution in [3.63, 3.8) is 0 Å². The summed E-state index contributed by atoms with van der Waals surface area (Å²) in [5.41, 5.74) is 7.46. The van der Waals surface area contributed by atoms with Gasteiger partial charge in [0.1, 0.15) is 42.3 Å². The molecule has 0 radical (unpaired) electrons. The third-order valence-electron chi connectivity index (χ3n) is 12.8. The molecule has 2 aromatic carbocycles. The summed E-state index contributed by atoms with van der Waals surface area (Å²) >= 11 is 0. The van der Waals surface area contributed by atoms with E-state index in [1.54, 1.807) is 45.0 Å². The van der Waals surface area contributed by atoms with E-state index in [1.807, 2.05) is 50.2 Å². The van der Waals surface area contributed by atoms with Crippen LogP contribution < -0.4 is 27.0 Å². The largest absolute Gasteiger partial charge is 0.480 e. The summed E-state index contributed by atoms with van der Waals surface area (Å²) in [5.74, 6) is -5.24. The van der Waals surface area contributed by atoms with E-state index >= 15 is 0 Å². The van der Waals surface area contributed by atoms with Crippen molar-refractivity contribution in [2.45, 2.75) is 141 Å². The summed E-state index contributed by atoms with van der Waals surface area (Å²) < 4.78 is 0. The number of hydrogen-bond donors (Lipinski definition) is 6. The Balaban J connectivity index is 1.29. The molecule has 3 aliphatic rings. The van der Waals surface area contributed by atoms with Crippen LogP contribution in [0.1, 0.15) is 90.7 Å². The average Bonchev–Trinajstić information content (AvgIpc) is 4.09. The molecular weight excluding hydrogens is 821 g/mol. The normalized spacial score (nSPS) is 21.3. The van der Waals surface area contributed by atoms with Crippen LogP contribution in [0.2, 0.25) is 0 Å². The summed E-state index contributed by atoms with van der Waals surface area (Å²) in [6, 6.07) is 10.1. The maximum absolute atomic E-state index is 14.4. The van der Waals surface area contributed by atoms with E-state index in [1.165, 1.54) is 14.7 Å². The predicted octanol–water partition coefficient (Wildman–Crippen LogP) is 1.52. The molecule has 7 amide bonds. The van der Waals surface area contributed by atoms with Crippen LogP contribution in [0.5, 0.6) is 0 Å². The molecule has 9 atom stereocenters. The van der Waals surface area contributed by atoms with E-state index in [2.05, 4.69) is 21.3 Å². The van der Waals surface area contributed by atoms with E-state index < -0.39 is 89.7 Å². The van der Waals surface area contributed by atoms with Crippen molar-refractivity contribution in [2.75, 3.05) is 19.6 Å². The Morgan fingerprint density at radius 2 is 1.09 bits per heavy atom. The molecule has 3 aliphatic heterocycles. The number of carbonyl (C=O) groups is 8. The molecule has 17 nitrogen and oxygen atoms in total. The zero-order chi connectivity index (χ0) is 46.7. The van der Waals surface area contributed by atoms with Gasteiger partial charge in [-0.25, -0.2) is 4.79 Å². The molecule has 0 spiro atoms. The smallest absolute Gasteiger partial charge is 0.326 e. The van der Waals surface area contributed by atoms with E-state index in [0.29, 0.717) is 51.5 Å². The molecule has 0 unspecified atom stereocenters. The number of carboxylic acid groups (broad SMARTS) is 1. The molecule has 348 valence electrons. The molecule has 2 aromatic rings. The lowest BCUT2D eigenvalue weighted by Crippen LogP contribution is -2.60. The van der Waals surface area contributed by atoms with Crippen LogP contribution in [0.25, 0.3) is 0 Å². The Hall–Kier alpha value is -5.84. The minimum Gasteiger partial charge on any atom is -0.480 e. The first-order valence-electron chi connectivity index (χ1n) is 22.7. The molecule has 7 N–H and O–H groups in total. The Bertz CT molecular complexity index is 1980. The van der Waals surface area contributed by atoms with Crippen LogP contribution in [0.3, 0.4) is 0 Å². The highest BCUT2D eigenvalue weighted by molar-refractivity contribution is 5.98. The number of amides is 7. The van der Waals surface area contributed by atoms with Gasteiger partial charge in [0.2, 0.25) is 41.4 Å². The maximum atomic E-state index is 14.4. The molecule has 0 saturated carbocycles. The Labute approximate surface area is 375 Å². The number of nitrogens with one attached hydrogen (secondary N) is 4. The minimum absolute atomic E-state index is 0.0584. The van der Waals surface area contributed by atoms with Crippen LogP contribution in [0.15, 0.2) is 60.7 Å². The van der Waals surface area contributed by atoms with Crippen molar-refractivity contribution in [3.05, 3.63) is 71.8 Å². The predicted molar refractivity (Wildman–Crippen MR) is 238 cm³/mol. The molecule has 3 heterocycles. The van der Waals surface area contributed by atoms with Gasteiger partial charge < -0.3 is 46.8 Å². The van der Waals surface area contributed by atoms with Crippen molar-refractivity contribution in [1.82, 2.24) is 36.0 Å². The molecule has 64 heavy (non-hydrogen) atoms. The second kappa shape index (κ2) is 22.7. The summed E-state index contributed by atoms with van der Waals surface area (Å²) in [6.07, 6.45) is 3.24. The van der Waals surface area contributed by atoms with Crippen LogP contribution >= 0.6 is 0 Å². The molecule has 5 rings (SSSR count). The van der Waals surface area contributed by atoms with E-state index in [9.17, 15) is 43.5 Å². The lowest BCUT2D eigenvalue weighted by molar-refractivity contribution is -0.148. The van der Waals surface area contributed by atoms with Crippen LogP contribution in [0.4, 0.5) is 0 Å². The number of carboxylic acids is 1. The summed E-state index contributed by atoms with van der Waals surface area (Å²) in [4.78, 5) is 114. The molecular formula is C47H66N8O9. The fraction of sp³-hybridized carbons (Fsp3) is 0.574. The Kier molecular flexibility index (Phi) is 17.4. The number of nitrogens with zero attached hydrogens (tertiary/aromatic N) is 3. The van der Waals surface area contributed by atoms with E-state index in [-0.39, 0.29) is 43.7 Å². The topological polar surface area (TPSA) is 241 Å². The van der Waals surface area contributed by atoms with Crippen molar-refractivity contribution >= 4 is 47.3 Å². The summed E-state index contributed by atoms with van der Waals surface area (Å²) in [5, 5.41) is 21.1. The lowest BCUT2D eigenvalue weighted by atomic mass is 9.96. The summed E-state index contributed by atoms with van der Waals surface area (Å²) in [6.45, 7) is 9.67. The van der Waals surface area contributed by atoms with Crippen LogP contribution in [-0.4, -0.2) is 135 Å². The highest BCUT2D eigenvalue weighted by atomic mass is 16.4. The molecule has 3 fully saturated rings. The lowest BCUT2D eigenvalue weighted by Gasteiger charge is -2.34. The van der Waals surface area contributed by atoms with Gasteiger partial charge >= 0.3 is 5.97 Å². The van der Waals surface area contributed by atoms with E-state index in [0.717, 1.165) is 11.1 Å². The monoisotopic (exact) mass is 886 g/mol. The van der Waals surface area contributed by atoms with Crippen molar-refractivity contribution in [1.29, 1.82) is 0 Å². The fourth-order valence-electron chi connectivity index (χ4n) is 8.77. The Morgan fingerprint density at radius 3 is 1.61 bits per heavy atom. The van der Waals surface area contributed by atoms with Gasteiger partial charge in [-0.1, -0.05) is 94.8 Å². The summed E-state index contributed by atoms with van der Waals surface area (Å²) in [7, 11) is 0. The van der Waals surface area contributed by atoms with Crippen molar-refractivity contribution < 1.29 is 43.5 Å². The zero-order valence-electron chi connectivity index (χ0n) is 37.7. The number of likely N-dealkylation sites (tertiary alicyclic amines) is 3. The first kappa shape index (κ1) is 49.2. The number of rotatable bonds is 19. The fourth-order valence-corrected chi connectivity index (χ4v) is 8.77. The molecule has 0 aliphatic carbocycles. The van der Waals surface area contributed by atoms with Gasteiger partial charge in [0.05, 0.1) is 6.04 Å². The van der Waals surface area contributed by atoms with Gasteiger partial charge in [0, 0.05) is 32.5 Å². The average molecular weight is 887 g/mol. The van der Waals surface area contributed by atoms with Gasteiger partial charge in [-0.3, -0.25) is 33.6 Å².